The van der Waals surface area contributed by atoms with Crippen LogP contribution in [0.2, 0.25) is 0 Å². The summed E-state index contributed by atoms with van der Waals surface area (Å²) in [5.41, 5.74) is 15.0. The van der Waals surface area contributed by atoms with Crippen LogP contribution >= 0.6 is 0 Å². The fourth-order valence-corrected chi connectivity index (χ4v) is 8.30. The normalized spacial score (nSPS) is 12.0. The van der Waals surface area contributed by atoms with Crippen molar-refractivity contribution in [2.45, 2.75) is 40.5 Å². The van der Waals surface area contributed by atoms with Gasteiger partial charge in [0.2, 0.25) is 0 Å². The molecular weight excluding hydrogens is 629 g/mol. The summed E-state index contributed by atoms with van der Waals surface area (Å²) in [6.07, 6.45) is 2.12. The van der Waals surface area contributed by atoms with Crippen LogP contribution < -0.4 is 0 Å². The summed E-state index contributed by atoms with van der Waals surface area (Å²) in [7, 11) is 0. The number of fused-ring (bicyclic) bond motifs is 7. The molecule has 0 saturated carbocycles. The number of rotatable bonds is 8. The van der Waals surface area contributed by atoms with Crippen molar-refractivity contribution in [1.82, 2.24) is 9.13 Å². The summed E-state index contributed by atoms with van der Waals surface area (Å²) >= 11 is 0. The van der Waals surface area contributed by atoms with Crippen LogP contribution in [0, 0.1) is 11.8 Å². The Morgan fingerprint density at radius 2 is 0.731 bits per heavy atom. The molecule has 0 amide bonds. The fraction of sp³-hybridized carbons (Fsp3) is 0.160. The Balaban J connectivity index is 1.37. The minimum Gasteiger partial charge on any atom is -0.307 e. The Morgan fingerprint density at radius 1 is 0.365 bits per heavy atom. The molecule has 9 aromatic rings. The van der Waals surface area contributed by atoms with Gasteiger partial charge >= 0.3 is 0 Å². The lowest BCUT2D eigenvalue weighted by atomic mass is 10.00. The molecule has 7 aromatic carbocycles. The highest BCUT2D eigenvalue weighted by Gasteiger charge is 2.22. The number of hydrogen-bond donors (Lipinski definition) is 0. The largest absolute Gasteiger partial charge is 0.307 e. The maximum atomic E-state index is 2.52. The third-order valence-electron chi connectivity index (χ3n) is 10.5. The van der Waals surface area contributed by atoms with Gasteiger partial charge in [0.15, 0.2) is 0 Å². The summed E-state index contributed by atoms with van der Waals surface area (Å²) in [6, 6.07) is 58.6. The van der Waals surface area contributed by atoms with Crippen LogP contribution in [0.1, 0.15) is 38.8 Å². The van der Waals surface area contributed by atoms with Crippen LogP contribution in [0.5, 0.6) is 0 Å². The number of nitrogens with zero attached hydrogens (tertiary/aromatic N) is 2. The zero-order valence-corrected chi connectivity index (χ0v) is 30.5. The lowest BCUT2D eigenvalue weighted by Gasteiger charge is -2.14. The Bertz CT molecular complexity index is 2500. The first-order chi connectivity index (χ1) is 25.4. The first-order valence-corrected chi connectivity index (χ1v) is 18.8. The number of hydrogen-bond acceptors (Lipinski definition) is 0. The second kappa shape index (κ2) is 13.0. The smallest absolute Gasteiger partial charge is 0.0788 e. The van der Waals surface area contributed by atoms with Crippen molar-refractivity contribution in [3.05, 3.63) is 169 Å². The molecule has 52 heavy (non-hydrogen) atoms. The van der Waals surface area contributed by atoms with Gasteiger partial charge in [0.1, 0.15) is 0 Å². The predicted octanol–water partition coefficient (Wildman–Crippen LogP) is 13.6. The highest BCUT2D eigenvalue weighted by Crippen LogP contribution is 2.43. The van der Waals surface area contributed by atoms with Gasteiger partial charge in [0, 0.05) is 32.9 Å². The molecule has 2 nitrogen and oxygen atoms in total. The van der Waals surface area contributed by atoms with Gasteiger partial charge in [0.05, 0.1) is 22.1 Å². The van der Waals surface area contributed by atoms with Gasteiger partial charge in [-0.05, 0) is 107 Å². The minimum absolute atomic E-state index is 0.587. The first-order valence-electron chi connectivity index (χ1n) is 18.8. The van der Waals surface area contributed by atoms with Gasteiger partial charge in [-0.2, -0.15) is 0 Å². The van der Waals surface area contributed by atoms with E-state index in [1.807, 2.05) is 0 Å². The summed E-state index contributed by atoms with van der Waals surface area (Å²) < 4.78 is 5.04. The molecule has 0 aliphatic heterocycles. The van der Waals surface area contributed by atoms with Crippen molar-refractivity contribution in [1.29, 1.82) is 0 Å². The Kier molecular flexibility index (Phi) is 8.04. The Morgan fingerprint density at radius 3 is 1.10 bits per heavy atom. The number of benzene rings is 7. The van der Waals surface area contributed by atoms with E-state index in [1.54, 1.807) is 0 Å². The molecule has 2 heterocycles. The van der Waals surface area contributed by atoms with Crippen molar-refractivity contribution >= 4 is 43.6 Å². The third kappa shape index (κ3) is 5.60. The molecule has 0 N–H and O–H groups in total. The molecule has 2 heteroatoms. The SMILES string of the molecule is CC(C)Cc1ccc2c(c1)c1ccc3c4cc(CC(C)C)ccc4n(-c4ccc(-c5ccccc5)cc4)c3c1n2-c1ccc(-c2ccccc2)cc1. The second-order valence-corrected chi connectivity index (χ2v) is 15.3. The molecule has 0 aliphatic rings. The molecule has 9 rings (SSSR count). The molecule has 0 atom stereocenters. The monoisotopic (exact) mass is 672 g/mol. The molecule has 0 spiro atoms. The van der Waals surface area contributed by atoms with Crippen LogP contribution in [0.25, 0.3) is 77.2 Å². The lowest BCUT2D eigenvalue weighted by Crippen LogP contribution is -1.99. The van der Waals surface area contributed by atoms with Crippen molar-refractivity contribution in [2.24, 2.45) is 11.8 Å². The molecule has 0 unspecified atom stereocenters. The van der Waals surface area contributed by atoms with E-state index in [1.165, 1.54) is 88.4 Å². The fourth-order valence-electron chi connectivity index (χ4n) is 8.30. The van der Waals surface area contributed by atoms with Gasteiger partial charge in [0.25, 0.3) is 0 Å². The molecule has 2 aromatic heterocycles. The average molecular weight is 673 g/mol. The van der Waals surface area contributed by atoms with Crippen LogP contribution in [0.3, 0.4) is 0 Å². The van der Waals surface area contributed by atoms with E-state index < -0.39 is 0 Å². The Labute approximate surface area is 306 Å². The van der Waals surface area contributed by atoms with Crippen LogP contribution in [0.15, 0.2) is 158 Å². The minimum atomic E-state index is 0.587. The van der Waals surface area contributed by atoms with E-state index in [4.69, 9.17) is 0 Å². The van der Waals surface area contributed by atoms with Crippen LogP contribution in [-0.4, -0.2) is 9.13 Å². The molecule has 254 valence electrons. The van der Waals surface area contributed by atoms with Gasteiger partial charge in [-0.1, -0.05) is 137 Å². The van der Waals surface area contributed by atoms with Gasteiger partial charge in [-0.25, -0.2) is 0 Å². The Hall–Kier alpha value is -5.86. The third-order valence-corrected chi connectivity index (χ3v) is 10.5. The quantitative estimate of drug-likeness (QED) is 0.152. The molecule has 0 aliphatic carbocycles. The highest BCUT2D eigenvalue weighted by molar-refractivity contribution is 6.24. The van der Waals surface area contributed by atoms with E-state index in [-0.39, 0.29) is 0 Å². The summed E-state index contributed by atoms with van der Waals surface area (Å²) in [6.45, 7) is 9.22. The van der Waals surface area contributed by atoms with Crippen molar-refractivity contribution in [3.63, 3.8) is 0 Å². The molecule has 0 radical (unpaired) electrons. The number of aromatic nitrogens is 2. The van der Waals surface area contributed by atoms with E-state index in [9.17, 15) is 0 Å². The molecule has 0 saturated heterocycles. The zero-order valence-electron chi connectivity index (χ0n) is 30.5. The van der Waals surface area contributed by atoms with Crippen molar-refractivity contribution in [3.8, 4) is 33.6 Å². The van der Waals surface area contributed by atoms with Gasteiger partial charge in [-0.15, -0.1) is 0 Å². The highest BCUT2D eigenvalue weighted by atomic mass is 15.0. The molecular formula is C50H44N2. The maximum Gasteiger partial charge on any atom is 0.0788 e. The topological polar surface area (TPSA) is 9.86 Å². The van der Waals surface area contributed by atoms with E-state index in [0.717, 1.165) is 12.8 Å². The van der Waals surface area contributed by atoms with E-state index in [0.29, 0.717) is 11.8 Å². The second-order valence-electron chi connectivity index (χ2n) is 15.3. The van der Waals surface area contributed by atoms with Crippen molar-refractivity contribution < 1.29 is 0 Å². The van der Waals surface area contributed by atoms with Gasteiger partial charge < -0.3 is 9.13 Å². The van der Waals surface area contributed by atoms with E-state index >= 15 is 0 Å². The van der Waals surface area contributed by atoms with Gasteiger partial charge in [-0.3, -0.25) is 0 Å². The standard InChI is InChI=1S/C50H44N2/c1-33(2)29-35-15-27-47-45(31-35)43-25-26-44-46-32-36(30-34(3)4)16-28-48(46)52(42-23-19-40(20-24-42)38-13-9-6-10-14-38)50(44)49(43)51(47)41-21-17-39(18-22-41)37-11-7-5-8-12-37/h5-28,31-34H,29-30H2,1-4H3. The van der Waals surface area contributed by atoms with Crippen LogP contribution in [-0.2, 0) is 12.8 Å². The first kappa shape index (κ1) is 32.1. The predicted molar refractivity (Wildman–Crippen MR) is 223 cm³/mol. The zero-order chi connectivity index (χ0) is 35.3. The van der Waals surface area contributed by atoms with Crippen LogP contribution in [0.4, 0.5) is 0 Å². The maximum absolute atomic E-state index is 2.52. The summed E-state index contributed by atoms with van der Waals surface area (Å²) in [4.78, 5) is 0. The lowest BCUT2D eigenvalue weighted by molar-refractivity contribution is 0.647. The average Bonchev–Trinajstić information content (AvgIpc) is 3.67. The molecule has 0 fully saturated rings. The molecule has 0 bridgehead atoms. The summed E-state index contributed by atoms with van der Waals surface area (Å²) in [5, 5.41) is 5.18. The van der Waals surface area contributed by atoms with E-state index in [2.05, 4.69) is 195 Å². The van der Waals surface area contributed by atoms with Crippen molar-refractivity contribution in [2.75, 3.05) is 0 Å². The summed E-state index contributed by atoms with van der Waals surface area (Å²) in [5.74, 6) is 1.17.